The minimum Gasteiger partial charge on any atom is -0.338 e. The summed E-state index contributed by atoms with van der Waals surface area (Å²) in [7, 11) is 0. The molecule has 1 aromatic carbocycles. The third-order valence-electron chi connectivity index (χ3n) is 7.18. The summed E-state index contributed by atoms with van der Waals surface area (Å²) in [5, 5.41) is 18.8. The number of carbonyl (C=O) groups is 2. The van der Waals surface area contributed by atoms with E-state index in [4.69, 9.17) is 10.8 Å². The Morgan fingerprint density at radius 2 is 1.93 bits per heavy atom. The summed E-state index contributed by atoms with van der Waals surface area (Å²) in [5.41, 5.74) is 1.34. The number of hydrogen-bond donors (Lipinski definition) is 3. The SMILES string of the molecule is CC(C)CCC(=N)C#CC(=N)c1cccc(NC(=O)c2cc3c(cc2F)CCN(C(=O)C(C)(C)CC2C=C2)C3)n1. The number of carbonyl (C=O) groups excluding carboxylic acids is 2. The fourth-order valence-corrected chi connectivity index (χ4v) is 4.77. The second-order valence-corrected chi connectivity index (χ2v) is 11.6. The molecule has 0 radical (unpaired) electrons. The minimum atomic E-state index is -0.665. The second kappa shape index (κ2) is 12.0. The zero-order chi connectivity index (χ0) is 29.0. The zero-order valence-electron chi connectivity index (χ0n) is 23.5. The molecule has 208 valence electrons. The molecule has 1 aliphatic heterocycles. The largest absolute Gasteiger partial charge is 0.338 e. The van der Waals surface area contributed by atoms with Crippen LogP contribution in [0.4, 0.5) is 10.2 Å². The standard InChI is InChI=1S/C32H36FN5O2/c1-20(2)8-11-24(34)12-13-27(35)28-6-5-7-29(36-28)37-30(39)25-16-23-19-38(15-14-22(23)17-26(25)33)31(40)32(3,4)18-21-9-10-21/h5-7,9-10,16-17,20-21,34-35H,8,11,14-15,18-19H2,1-4H3,(H,36,37,39). The fraction of sp³-hybridized carbons (Fsp3) is 0.406. The first-order valence-electron chi connectivity index (χ1n) is 13.7. The molecule has 0 fully saturated rings. The predicted octanol–water partition coefficient (Wildman–Crippen LogP) is 5.79. The van der Waals surface area contributed by atoms with Gasteiger partial charge >= 0.3 is 0 Å². The fourth-order valence-electron chi connectivity index (χ4n) is 4.77. The van der Waals surface area contributed by atoms with Crippen LogP contribution in [0.2, 0.25) is 0 Å². The third-order valence-corrected chi connectivity index (χ3v) is 7.18. The maximum atomic E-state index is 15.0. The molecule has 2 amide bonds. The quantitative estimate of drug-likeness (QED) is 0.212. The molecule has 2 heterocycles. The summed E-state index contributed by atoms with van der Waals surface area (Å²) in [6, 6.07) is 7.68. The van der Waals surface area contributed by atoms with Gasteiger partial charge in [-0.1, -0.05) is 45.9 Å². The summed E-state index contributed by atoms with van der Waals surface area (Å²) < 4.78 is 15.0. The lowest BCUT2D eigenvalue weighted by molar-refractivity contribution is -0.141. The van der Waals surface area contributed by atoms with E-state index < -0.39 is 17.1 Å². The molecule has 1 aliphatic carbocycles. The maximum Gasteiger partial charge on any atom is 0.259 e. The van der Waals surface area contributed by atoms with Crippen LogP contribution in [-0.4, -0.2) is 39.7 Å². The van der Waals surface area contributed by atoms with Crippen molar-refractivity contribution >= 4 is 29.1 Å². The van der Waals surface area contributed by atoms with Gasteiger partial charge in [0.1, 0.15) is 17.3 Å². The monoisotopic (exact) mass is 541 g/mol. The molecule has 2 aliphatic rings. The number of nitrogens with zero attached hydrogens (tertiary/aromatic N) is 2. The van der Waals surface area contributed by atoms with Crippen LogP contribution in [0, 0.1) is 45.7 Å². The molecule has 8 heteroatoms. The number of fused-ring (bicyclic) bond motifs is 1. The third kappa shape index (κ3) is 7.29. The van der Waals surface area contributed by atoms with Crippen LogP contribution in [0.15, 0.2) is 42.5 Å². The molecule has 0 saturated heterocycles. The highest BCUT2D eigenvalue weighted by molar-refractivity contribution is 6.14. The van der Waals surface area contributed by atoms with Gasteiger partial charge in [-0.25, -0.2) is 9.37 Å². The molecule has 0 atom stereocenters. The van der Waals surface area contributed by atoms with Crippen molar-refractivity contribution in [1.29, 1.82) is 10.8 Å². The number of pyridine rings is 1. The molecule has 0 saturated carbocycles. The number of anilines is 1. The van der Waals surface area contributed by atoms with E-state index in [1.807, 2.05) is 13.8 Å². The van der Waals surface area contributed by atoms with Gasteiger partial charge in [-0.3, -0.25) is 20.4 Å². The Morgan fingerprint density at radius 3 is 2.62 bits per heavy atom. The van der Waals surface area contributed by atoms with E-state index in [0.717, 1.165) is 24.0 Å². The van der Waals surface area contributed by atoms with Crippen molar-refractivity contribution in [3.05, 3.63) is 70.7 Å². The number of halogens is 1. The highest BCUT2D eigenvalue weighted by Gasteiger charge is 2.36. The Balaban J connectivity index is 1.44. The Bertz CT molecular complexity index is 1440. The highest BCUT2D eigenvalue weighted by atomic mass is 19.1. The van der Waals surface area contributed by atoms with Gasteiger partial charge in [-0.05, 0) is 84.8 Å². The average Bonchev–Trinajstić information content (AvgIpc) is 3.72. The van der Waals surface area contributed by atoms with Crippen molar-refractivity contribution in [2.45, 2.75) is 59.9 Å². The summed E-state index contributed by atoms with van der Waals surface area (Å²) in [6.45, 7) is 8.91. The number of aromatic nitrogens is 1. The number of rotatable bonds is 9. The molecule has 0 bridgehead atoms. The lowest BCUT2D eigenvalue weighted by Gasteiger charge is -2.35. The van der Waals surface area contributed by atoms with Gasteiger partial charge in [0, 0.05) is 18.5 Å². The Labute approximate surface area is 235 Å². The number of allylic oxidation sites excluding steroid dienone is 2. The molecular formula is C32H36FN5O2. The van der Waals surface area contributed by atoms with Gasteiger partial charge in [0.2, 0.25) is 5.91 Å². The molecule has 0 spiro atoms. The maximum absolute atomic E-state index is 15.0. The Kier molecular flexibility index (Phi) is 8.63. The molecule has 40 heavy (non-hydrogen) atoms. The highest BCUT2D eigenvalue weighted by Crippen LogP contribution is 2.36. The molecular weight excluding hydrogens is 505 g/mol. The molecule has 7 nitrogen and oxygen atoms in total. The van der Waals surface area contributed by atoms with Crippen LogP contribution >= 0.6 is 0 Å². The van der Waals surface area contributed by atoms with Gasteiger partial charge < -0.3 is 10.2 Å². The zero-order valence-corrected chi connectivity index (χ0v) is 23.5. The molecule has 1 aromatic heterocycles. The van der Waals surface area contributed by atoms with E-state index in [9.17, 15) is 14.0 Å². The number of hydrogen-bond acceptors (Lipinski definition) is 5. The first-order chi connectivity index (χ1) is 18.9. The minimum absolute atomic E-state index is 0.0591. The summed E-state index contributed by atoms with van der Waals surface area (Å²) in [5.74, 6) is 5.11. The second-order valence-electron chi connectivity index (χ2n) is 11.6. The van der Waals surface area contributed by atoms with E-state index in [0.29, 0.717) is 37.8 Å². The lowest BCUT2D eigenvalue weighted by Crippen LogP contribution is -2.44. The van der Waals surface area contributed by atoms with Gasteiger partial charge in [0.05, 0.1) is 17.0 Å². The average molecular weight is 542 g/mol. The predicted molar refractivity (Wildman–Crippen MR) is 155 cm³/mol. The summed E-state index contributed by atoms with van der Waals surface area (Å²) in [6.07, 6.45) is 6.88. The van der Waals surface area contributed by atoms with E-state index in [1.54, 1.807) is 23.1 Å². The first kappa shape index (κ1) is 28.9. The van der Waals surface area contributed by atoms with Crippen LogP contribution in [0.5, 0.6) is 0 Å². The molecule has 3 N–H and O–H groups in total. The van der Waals surface area contributed by atoms with Crippen LogP contribution in [0.3, 0.4) is 0 Å². The smallest absolute Gasteiger partial charge is 0.259 e. The number of benzene rings is 1. The molecule has 0 unspecified atom stereocenters. The van der Waals surface area contributed by atoms with E-state index >= 15 is 0 Å². The van der Waals surface area contributed by atoms with Crippen molar-refractivity contribution in [3.8, 4) is 11.8 Å². The van der Waals surface area contributed by atoms with Crippen molar-refractivity contribution < 1.29 is 14.0 Å². The molecule has 2 aromatic rings. The number of nitrogens with one attached hydrogen (secondary N) is 3. The van der Waals surface area contributed by atoms with Crippen molar-refractivity contribution in [2.24, 2.45) is 17.3 Å². The van der Waals surface area contributed by atoms with Gasteiger partial charge in [0.15, 0.2) is 0 Å². The summed E-state index contributed by atoms with van der Waals surface area (Å²) in [4.78, 5) is 32.4. The van der Waals surface area contributed by atoms with Gasteiger partial charge in [0.25, 0.3) is 5.91 Å². The Morgan fingerprint density at radius 1 is 1.18 bits per heavy atom. The van der Waals surface area contributed by atoms with E-state index in [1.165, 1.54) is 12.1 Å². The van der Waals surface area contributed by atoms with Crippen molar-refractivity contribution in [2.75, 3.05) is 11.9 Å². The topological polar surface area (TPSA) is 110 Å². The lowest BCUT2D eigenvalue weighted by atomic mass is 9.84. The van der Waals surface area contributed by atoms with Crippen LogP contribution in [0.1, 0.15) is 74.1 Å². The Hall–Kier alpha value is -4.12. The summed E-state index contributed by atoms with van der Waals surface area (Å²) >= 11 is 0. The number of amides is 2. The van der Waals surface area contributed by atoms with Crippen LogP contribution in [0.25, 0.3) is 0 Å². The van der Waals surface area contributed by atoms with Crippen LogP contribution < -0.4 is 5.32 Å². The van der Waals surface area contributed by atoms with Crippen LogP contribution in [-0.2, 0) is 17.8 Å². The van der Waals surface area contributed by atoms with E-state index in [-0.39, 0.29) is 34.4 Å². The normalized spacial score (nSPS) is 14.3. The van der Waals surface area contributed by atoms with Crippen molar-refractivity contribution in [3.63, 3.8) is 0 Å². The van der Waals surface area contributed by atoms with Crippen molar-refractivity contribution in [1.82, 2.24) is 9.88 Å². The van der Waals surface area contributed by atoms with Gasteiger partial charge in [-0.15, -0.1) is 0 Å². The van der Waals surface area contributed by atoms with Gasteiger partial charge in [-0.2, -0.15) is 0 Å². The van der Waals surface area contributed by atoms with E-state index in [2.05, 4.69) is 48.1 Å². The first-order valence-corrected chi connectivity index (χ1v) is 13.7. The molecule has 4 rings (SSSR count).